The van der Waals surface area contributed by atoms with Gasteiger partial charge in [0, 0.05) is 18.5 Å². The number of rotatable bonds is 6. The van der Waals surface area contributed by atoms with E-state index in [-0.39, 0.29) is 0 Å². The summed E-state index contributed by atoms with van der Waals surface area (Å²) in [6.45, 7) is 3.18. The first-order valence-corrected chi connectivity index (χ1v) is 7.90. The van der Waals surface area contributed by atoms with Crippen LogP contribution in [0.5, 0.6) is 0 Å². The third-order valence-corrected chi connectivity index (χ3v) is 3.80. The van der Waals surface area contributed by atoms with Gasteiger partial charge in [-0.1, -0.05) is 74.0 Å². The lowest BCUT2D eigenvalue weighted by molar-refractivity contribution is 0.613. The molecule has 22 heavy (non-hydrogen) atoms. The van der Waals surface area contributed by atoms with Crippen molar-refractivity contribution in [3.63, 3.8) is 0 Å². The van der Waals surface area contributed by atoms with Crippen LogP contribution in [0.25, 0.3) is 11.4 Å². The average Bonchev–Trinajstić information content (AvgIpc) is 2.97. The van der Waals surface area contributed by atoms with Crippen LogP contribution in [0.2, 0.25) is 0 Å². The van der Waals surface area contributed by atoms with Gasteiger partial charge in [0.2, 0.25) is 0 Å². The molecule has 0 aliphatic heterocycles. The molecule has 3 rings (SSSR count). The predicted octanol–water partition coefficient (Wildman–Crippen LogP) is 4.34. The molecular weight excluding hydrogens is 270 g/mol. The summed E-state index contributed by atoms with van der Waals surface area (Å²) in [4.78, 5) is 0. The molecule has 0 N–H and O–H groups in total. The van der Waals surface area contributed by atoms with Crippen LogP contribution in [0.1, 0.15) is 31.2 Å². The minimum absolute atomic E-state index is 0.824. The van der Waals surface area contributed by atoms with E-state index >= 15 is 0 Å². The molecule has 0 bridgehead atoms. The van der Waals surface area contributed by atoms with E-state index < -0.39 is 0 Å². The lowest BCUT2D eigenvalue weighted by atomic mass is 10.1. The molecule has 1 aromatic heterocycles. The van der Waals surface area contributed by atoms with Crippen LogP contribution < -0.4 is 0 Å². The fourth-order valence-electron chi connectivity index (χ4n) is 2.60. The number of benzene rings is 2. The Bertz CT molecular complexity index is 702. The Kier molecular flexibility index (Phi) is 4.64. The second kappa shape index (κ2) is 7.03. The Morgan fingerprint density at radius 3 is 2.23 bits per heavy atom. The molecule has 0 radical (unpaired) electrons. The summed E-state index contributed by atoms with van der Waals surface area (Å²) >= 11 is 0. The normalized spacial score (nSPS) is 10.8. The van der Waals surface area contributed by atoms with Crippen LogP contribution in [-0.4, -0.2) is 14.8 Å². The molecular formula is C19H21N3. The van der Waals surface area contributed by atoms with Gasteiger partial charge >= 0.3 is 0 Å². The van der Waals surface area contributed by atoms with Crippen LogP contribution in [0, 0.1) is 0 Å². The lowest BCUT2D eigenvalue weighted by Crippen LogP contribution is -2.06. The highest BCUT2D eigenvalue weighted by Crippen LogP contribution is 2.20. The Hall–Kier alpha value is -2.42. The molecule has 0 atom stereocenters. The Morgan fingerprint density at radius 1 is 0.864 bits per heavy atom. The molecule has 1 heterocycles. The molecule has 3 heteroatoms. The maximum absolute atomic E-state index is 4.45. The molecule has 0 unspecified atom stereocenters. The van der Waals surface area contributed by atoms with Crippen molar-refractivity contribution in [3.8, 4) is 11.4 Å². The molecule has 0 aliphatic rings. The van der Waals surface area contributed by atoms with E-state index in [1.165, 1.54) is 5.56 Å². The van der Waals surface area contributed by atoms with E-state index in [0.717, 1.165) is 43.0 Å². The second-order valence-corrected chi connectivity index (χ2v) is 5.47. The van der Waals surface area contributed by atoms with E-state index in [1.807, 2.05) is 24.3 Å². The van der Waals surface area contributed by atoms with Gasteiger partial charge in [0.1, 0.15) is 5.82 Å². The number of unbranched alkanes of at least 4 members (excludes halogenated alkanes) is 1. The summed E-state index contributed by atoms with van der Waals surface area (Å²) in [6.07, 6.45) is 3.13. The number of nitrogens with zero attached hydrogens (tertiary/aromatic N) is 3. The summed E-state index contributed by atoms with van der Waals surface area (Å²) < 4.78 is 2.27. The molecule has 3 nitrogen and oxygen atoms in total. The van der Waals surface area contributed by atoms with Gasteiger partial charge in [0.15, 0.2) is 5.82 Å². The van der Waals surface area contributed by atoms with Gasteiger partial charge < -0.3 is 4.57 Å². The SMILES string of the molecule is CCCCn1c(Cc2ccccc2)nnc1-c1ccccc1. The van der Waals surface area contributed by atoms with Crippen LogP contribution in [-0.2, 0) is 13.0 Å². The summed E-state index contributed by atoms with van der Waals surface area (Å²) in [5.74, 6) is 2.01. The maximum Gasteiger partial charge on any atom is 0.163 e. The molecule has 2 aromatic carbocycles. The molecule has 0 aliphatic carbocycles. The number of aromatic nitrogens is 3. The van der Waals surface area contributed by atoms with Gasteiger partial charge in [-0.25, -0.2) is 0 Å². The van der Waals surface area contributed by atoms with Crippen molar-refractivity contribution in [2.75, 3.05) is 0 Å². The van der Waals surface area contributed by atoms with Gasteiger partial charge in [-0.2, -0.15) is 0 Å². The molecule has 0 fully saturated rings. The first kappa shape index (κ1) is 14.5. The third kappa shape index (κ3) is 3.25. The van der Waals surface area contributed by atoms with Crippen molar-refractivity contribution in [3.05, 3.63) is 72.1 Å². The quantitative estimate of drug-likeness (QED) is 0.676. The standard InChI is InChI=1S/C19H21N3/c1-2-3-14-22-18(15-16-10-6-4-7-11-16)20-21-19(22)17-12-8-5-9-13-17/h4-13H,2-3,14-15H2,1H3. The van der Waals surface area contributed by atoms with Crippen LogP contribution in [0.4, 0.5) is 0 Å². The van der Waals surface area contributed by atoms with Crippen molar-refractivity contribution in [1.29, 1.82) is 0 Å². The topological polar surface area (TPSA) is 30.7 Å². The van der Waals surface area contributed by atoms with E-state index in [4.69, 9.17) is 0 Å². The highest BCUT2D eigenvalue weighted by molar-refractivity contribution is 5.55. The first-order valence-electron chi connectivity index (χ1n) is 7.90. The molecule has 0 spiro atoms. The van der Waals surface area contributed by atoms with Crippen LogP contribution >= 0.6 is 0 Å². The summed E-state index contributed by atoms with van der Waals surface area (Å²) in [6, 6.07) is 20.8. The predicted molar refractivity (Wildman–Crippen MR) is 89.6 cm³/mol. The summed E-state index contributed by atoms with van der Waals surface area (Å²) in [5.41, 5.74) is 2.40. The monoisotopic (exact) mass is 291 g/mol. The number of hydrogen-bond donors (Lipinski definition) is 0. The molecule has 0 saturated carbocycles. The Labute approximate surface area is 131 Å². The number of hydrogen-bond acceptors (Lipinski definition) is 2. The van der Waals surface area contributed by atoms with Gasteiger partial charge in [0.05, 0.1) is 0 Å². The molecule has 0 amide bonds. The van der Waals surface area contributed by atoms with Gasteiger partial charge in [-0.3, -0.25) is 0 Å². The average molecular weight is 291 g/mol. The van der Waals surface area contributed by atoms with Crippen molar-refractivity contribution in [2.45, 2.75) is 32.7 Å². The van der Waals surface area contributed by atoms with Gasteiger partial charge in [-0.15, -0.1) is 10.2 Å². The third-order valence-electron chi connectivity index (χ3n) is 3.80. The molecule has 112 valence electrons. The largest absolute Gasteiger partial charge is 0.311 e. The molecule has 0 saturated heterocycles. The maximum atomic E-state index is 4.45. The highest BCUT2D eigenvalue weighted by atomic mass is 15.3. The second-order valence-electron chi connectivity index (χ2n) is 5.47. The van der Waals surface area contributed by atoms with Crippen molar-refractivity contribution in [2.24, 2.45) is 0 Å². The van der Waals surface area contributed by atoms with E-state index in [0.29, 0.717) is 0 Å². The Morgan fingerprint density at radius 2 is 1.55 bits per heavy atom. The van der Waals surface area contributed by atoms with E-state index in [1.54, 1.807) is 0 Å². The fraction of sp³-hybridized carbons (Fsp3) is 0.263. The van der Waals surface area contributed by atoms with Crippen LogP contribution in [0.3, 0.4) is 0 Å². The smallest absolute Gasteiger partial charge is 0.163 e. The Balaban J connectivity index is 1.94. The van der Waals surface area contributed by atoms with E-state index in [9.17, 15) is 0 Å². The fourth-order valence-corrected chi connectivity index (χ4v) is 2.60. The van der Waals surface area contributed by atoms with Crippen molar-refractivity contribution in [1.82, 2.24) is 14.8 Å². The zero-order chi connectivity index (χ0) is 15.2. The lowest BCUT2D eigenvalue weighted by Gasteiger charge is -2.10. The van der Waals surface area contributed by atoms with Crippen LogP contribution in [0.15, 0.2) is 60.7 Å². The summed E-state index contributed by atoms with van der Waals surface area (Å²) in [7, 11) is 0. The summed E-state index contributed by atoms with van der Waals surface area (Å²) in [5, 5.41) is 8.90. The van der Waals surface area contributed by atoms with Gasteiger partial charge in [-0.05, 0) is 12.0 Å². The zero-order valence-corrected chi connectivity index (χ0v) is 12.9. The highest BCUT2D eigenvalue weighted by Gasteiger charge is 2.13. The van der Waals surface area contributed by atoms with E-state index in [2.05, 4.69) is 58.1 Å². The van der Waals surface area contributed by atoms with Crippen molar-refractivity contribution >= 4 is 0 Å². The van der Waals surface area contributed by atoms with Gasteiger partial charge in [0.25, 0.3) is 0 Å². The van der Waals surface area contributed by atoms with Crippen molar-refractivity contribution < 1.29 is 0 Å². The minimum Gasteiger partial charge on any atom is -0.311 e. The minimum atomic E-state index is 0.824. The zero-order valence-electron chi connectivity index (χ0n) is 12.9. The first-order chi connectivity index (χ1) is 10.9. The molecule has 3 aromatic rings.